The number of hydrogen-bond donors (Lipinski definition) is 1. The molecular weight excluding hydrogens is 392 g/mol. The van der Waals surface area contributed by atoms with Crippen molar-refractivity contribution in [3.8, 4) is 16.3 Å². The molecule has 1 heterocycles. The lowest BCUT2D eigenvalue weighted by Gasteiger charge is -2.15. The van der Waals surface area contributed by atoms with Gasteiger partial charge in [-0.05, 0) is 56.2 Å². The molecule has 0 bridgehead atoms. The van der Waals surface area contributed by atoms with Gasteiger partial charge in [0.25, 0.3) is 5.91 Å². The molecule has 146 valence electrons. The van der Waals surface area contributed by atoms with Crippen LogP contribution in [0.3, 0.4) is 0 Å². The molecule has 0 spiro atoms. The predicted octanol–water partition coefficient (Wildman–Crippen LogP) is 5.21. The third kappa shape index (κ3) is 5.57. The maximum atomic E-state index is 12.3. The van der Waals surface area contributed by atoms with Gasteiger partial charge < -0.3 is 10.1 Å². The van der Waals surface area contributed by atoms with Gasteiger partial charge in [-0.15, -0.1) is 11.3 Å². The van der Waals surface area contributed by atoms with Gasteiger partial charge in [-0.1, -0.05) is 29.8 Å². The smallest absolute Gasteiger partial charge is 0.260 e. The molecule has 0 saturated carbocycles. The van der Waals surface area contributed by atoms with Crippen LogP contribution in [-0.2, 0) is 11.2 Å². The van der Waals surface area contributed by atoms with Gasteiger partial charge in [-0.3, -0.25) is 4.79 Å². The summed E-state index contributed by atoms with van der Waals surface area (Å²) in [6.07, 6.45) is 0.118. The molecule has 1 N–H and O–H groups in total. The first kappa shape index (κ1) is 20.4. The summed E-state index contributed by atoms with van der Waals surface area (Å²) in [7, 11) is 0. The Morgan fingerprint density at radius 2 is 1.86 bits per heavy atom. The quantitative estimate of drug-likeness (QED) is 0.577. The Hall–Kier alpha value is -2.37. The second kappa shape index (κ2) is 9.22. The lowest BCUT2D eigenvalue weighted by molar-refractivity contribution is -0.127. The molecule has 3 aromatic rings. The monoisotopic (exact) mass is 414 g/mol. The largest absolute Gasteiger partial charge is 0.481 e. The molecule has 0 fully saturated rings. The molecule has 0 aliphatic heterocycles. The van der Waals surface area contributed by atoms with E-state index in [0.717, 1.165) is 27.4 Å². The van der Waals surface area contributed by atoms with Gasteiger partial charge in [0.1, 0.15) is 10.8 Å². The summed E-state index contributed by atoms with van der Waals surface area (Å²) < 4.78 is 5.78. The molecule has 6 heteroatoms. The normalized spacial score (nSPS) is 11.9. The summed E-state index contributed by atoms with van der Waals surface area (Å²) >= 11 is 7.51. The van der Waals surface area contributed by atoms with Crippen LogP contribution in [0, 0.1) is 13.8 Å². The minimum atomic E-state index is -0.554. The maximum absolute atomic E-state index is 12.3. The van der Waals surface area contributed by atoms with Crippen molar-refractivity contribution >= 4 is 28.8 Å². The number of rotatable bonds is 7. The number of nitrogens with zero attached hydrogens (tertiary/aromatic N) is 1. The van der Waals surface area contributed by atoms with Crippen molar-refractivity contribution in [3.05, 3.63) is 69.7 Å². The fourth-order valence-corrected chi connectivity index (χ4v) is 3.85. The second-order valence-electron chi connectivity index (χ2n) is 6.78. The van der Waals surface area contributed by atoms with E-state index in [1.165, 1.54) is 0 Å². The van der Waals surface area contributed by atoms with Crippen molar-refractivity contribution in [1.82, 2.24) is 10.3 Å². The lowest BCUT2D eigenvalue weighted by atomic mass is 10.1. The minimum absolute atomic E-state index is 0.132. The molecule has 0 saturated heterocycles. The topological polar surface area (TPSA) is 51.2 Å². The van der Waals surface area contributed by atoms with E-state index < -0.39 is 6.10 Å². The van der Waals surface area contributed by atoms with Crippen molar-refractivity contribution in [2.45, 2.75) is 33.3 Å². The molecule has 0 radical (unpaired) electrons. The lowest BCUT2D eigenvalue weighted by Crippen LogP contribution is -2.37. The first-order valence-electron chi connectivity index (χ1n) is 9.14. The zero-order valence-electron chi connectivity index (χ0n) is 16.2. The van der Waals surface area contributed by atoms with Crippen molar-refractivity contribution < 1.29 is 9.53 Å². The highest BCUT2D eigenvalue weighted by Crippen LogP contribution is 2.25. The van der Waals surface area contributed by atoms with E-state index in [-0.39, 0.29) is 5.91 Å². The summed E-state index contributed by atoms with van der Waals surface area (Å²) in [6, 6.07) is 13.6. The van der Waals surface area contributed by atoms with Crippen LogP contribution >= 0.6 is 22.9 Å². The van der Waals surface area contributed by atoms with Crippen LogP contribution in [0.5, 0.6) is 5.75 Å². The van der Waals surface area contributed by atoms with Crippen LogP contribution in [0.1, 0.15) is 23.7 Å². The number of aryl methyl sites for hydroxylation is 2. The van der Waals surface area contributed by atoms with Gasteiger partial charge in [0.05, 0.1) is 5.69 Å². The molecule has 1 aromatic heterocycles. The number of carbonyl (C=O) groups excluding carboxylic acids is 1. The average molecular weight is 415 g/mol. The number of hydrogen-bond acceptors (Lipinski definition) is 4. The highest BCUT2D eigenvalue weighted by atomic mass is 35.5. The molecule has 28 heavy (non-hydrogen) atoms. The van der Waals surface area contributed by atoms with Crippen LogP contribution in [0.25, 0.3) is 10.6 Å². The number of nitrogens with one attached hydrogen (secondary N) is 1. The third-order valence-electron chi connectivity index (χ3n) is 4.20. The van der Waals surface area contributed by atoms with Crippen molar-refractivity contribution in [3.63, 3.8) is 0 Å². The molecule has 1 atom stereocenters. The van der Waals surface area contributed by atoms with E-state index in [9.17, 15) is 4.79 Å². The summed E-state index contributed by atoms with van der Waals surface area (Å²) in [5.41, 5.74) is 4.23. The Labute approximate surface area is 174 Å². The molecule has 0 aliphatic carbocycles. The Kier molecular flexibility index (Phi) is 6.70. The van der Waals surface area contributed by atoms with E-state index in [4.69, 9.17) is 16.3 Å². The van der Waals surface area contributed by atoms with E-state index in [1.54, 1.807) is 18.3 Å². The Balaban J connectivity index is 1.49. The van der Waals surface area contributed by atoms with Crippen molar-refractivity contribution in [2.75, 3.05) is 6.54 Å². The number of benzene rings is 2. The van der Waals surface area contributed by atoms with Crippen molar-refractivity contribution in [2.24, 2.45) is 0 Å². The van der Waals surface area contributed by atoms with Crippen LogP contribution in [0.4, 0.5) is 0 Å². The molecule has 4 nitrogen and oxygen atoms in total. The Morgan fingerprint density at radius 1 is 1.18 bits per heavy atom. The summed E-state index contributed by atoms with van der Waals surface area (Å²) in [6.45, 7) is 6.30. The summed E-state index contributed by atoms with van der Waals surface area (Å²) in [5.74, 6) is 0.583. The van der Waals surface area contributed by atoms with Crippen LogP contribution < -0.4 is 10.1 Å². The number of halogens is 1. The maximum Gasteiger partial charge on any atom is 0.260 e. The number of ether oxygens (including phenoxy) is 1. The van der Waals surface area contributed by atoms with E-state index >= 15 is 0 Å². The predicted molar refractivity (Wildman–Crippen MR) is 115 cm³/mol. The molecule has 1 amide bonds. The van der Waals surface area contributed by atoms with Crippen LogP contribution in [0.2, 0.25) is 5.02 Å². The van der Waals surface area contributed by atoms with Gasteiger partial charge >= 0.3 is 0 Å². The Bertz CT molecular complexity index is 933. The number of amides is 1. The number of aromatic nitrogens is 1. The number of thiazole rings is 1. The fraction of sp³-hybridized carbons (Fsp3) is 0.273. The molecule has 0 unspecified atom stereocenters. The molecule has 2 aromatic carbocycles. The second-order valence-corrected chi connectivity index (χ2v) is 8.07. The van der Waals surface area contributed by atoms with E-state index in [1.807, 2.05) is 55.6 Å². The Morgan fingerprint density at radius 3 is 2.54 bits per heavy atom. The van der Waals surface area contributed by atoms with Crippen molar-refractivity contribution in [1.29, 1.82) is 0 Å². The van der Waals surface area contributed by atoms with Gasteiger partial charge in [0, 0.05) is 28.9 Å². The zero-order chi connectivity index (χ0) is 20.1. The minimum Gasteiger partial charge on any atom is -0.481 e. The fourth-order valence-electron chi connectivity index (χ4n) is 2.86. The first-order valence-corrected chi connectivity index (χ1v) is 10.4. The number of carbonyl (C=O) groups is 1. The van der Waals surface area contributed by atoms with Gasteiger partial charge in [-0.25, -0.2) is 4.98 Å². The first-order chi connectivity index (χ1) is 13.4. The molecule has 3 rings (SSSR count). The van der Waals surface area contributed by atoms with Crippen LogP contribution in [-0.4, -0.2) is 23.5 Å². The van der Waals surface area contributed by atoms with Crippen LogP contribution in [0.15, 0.2) is 47.8 Å². The van der Waals surface area contributed by atoms with Gasteiger partial charge in [0.2, 0.25) is 0 Å². The zero-order valence-corrected chi connectivity index (χ0v) is 17.7. The standard InChI is InChI=1S/C22H23ClN2O2S/c1-14-10-15(2)12-20(11-14)27-16(3)21(26)24-9-8-19-13-28-22(25-19)17-4-6-18(23)7-5-17/h4-7,10-13,16H,8-9H2,1-3H3,(H,24,26)/t16-/m1/s1. The SMILES string of the molecule is Cc1cc(C)cc(O[C@H](C)C(=O)NCCc2csc(-c3ccc(Cl)cc3)n2)c1. The van der Waals surface area contributed by atoms with E-state index in [0.29, 0.717) is 23.7 Å². The highest BCUT2D eigenvalue weighted by Gasteiger charge is 2.15. The highest BCUT2D eigenvalue weighted by molar-refractivity contribution is 7.13. The average Bonchev–Trinajstić information content (AvgIpc) is 3.10. The summed E-state index contributed by atoms with van der Waals surface area (Å²) in [5, 5.41) is 6.60. The van der Waals surface area contributed by atoms with Gasteiger partial charge in [-0.2, -0.15) is 0 Å². The summed E-state index contributed by atoms with van der Waals surface area (Å²) in [4.78, 5) is 16.9. The van der Waals surface area contributed by atoms with Gasteiger partial charge in [0.15, 0.2) is 6.10 Å². The molecule has 0 aliphatic rings. The third-order valence-corrected chi connectivity index (χ3v) is 5.39. The van der Waals surface area contributed by atoms with E-state index in [2.05, 4.69) is 16.4 Å². The molecular formula is C22H23ClN2O2S.